The molecule has 0 aromatic carbocycles. The lowest BCUT2D eigenvalue weighted by Gasteiger charge is -2.21. The lowest BCUT2D eigenvalue weighted by atomic mass is 10.3. The lowest BCUT2D eigenvalue weighted by Crippen LogP contribution is -2.41. The number of nitrogens with one attached hydrogen (secondary N) is 6. The fourth-order valence-corrected chi connectivity index (χ4v) is 8.21. The van der Waals surface area contributed by atoms with Crippen LogP contribution < -0.4 is 32.9 Å². The maximum Gasteiger partial charge on any atom is 0.397 e. The van der Waals surface area contributed by atoms with Crippen molar-refractivity contribution in [3.63, 3.8) is 0 Å². The second kappa shape index (κ2) is 32.5. The van der Waals surface area contributed by atoms with Gasteiger partial charge in [0.05, 0.1) is 119 Å². The molecule has 82 heavy (non-hydrogen) atoms. The Hall–Kier alpha value is -5.56. The van der Waals surface area contributed by atoms with E-state index in [-0.39, 0.29) is 105 Å². The van der Waals surface area contributed by atoms with Crippen molar-refractivity contribution in [3.8, 4) is 0 Å². The first-order valence-corrected chi connectivity index (χ1v) is 30.2. The second-order valence-electron chi connectivity index (χ2n) is 16.7. The van der Waals surface area contributed by atoms with E-state index in [0.29, 0.717) is 60.4 Å². The largest absolute Gasteiger partial charge is 0.726 e. The monoisotopic (exact) mass is 1280 g/mol. The number of hydrogen-bond acceptors (Lipinski definition) is 36. The number of alkyl halides is 1. The molecule has 6 heterocycles. The number of ether oxygens (including phenoxy) is 2. The molecule has 0 aliphatic carbocycles. The van der Waals surface area contributed by atoms with Gasteiger partial charge in [-0.2, -0.15) is 25.3 Å². The Kier molecular flexibility index (Phi) is 26.6. The molecule has 0 saturated heterocycles. The maximum atomic E-state index is 12.2. The van der Waals surface area contributed by atoms with Crippen molar-refractivity contribution >= 4 is 52.0 Å². The number of halogens is 1. The van der Waals surface area contributed by atoms with Gasteiger partial charge in [0.2, 0.25) is 20.8 Å². The van der Waals surface area contributed by atoms with Crippen molar-refractivity contribution in [2.45, 2.75) is 52.3 Å². The van der Waals surface area contributed by atoms with Gasteiger partial charge in [-0.15, -0.1) is 31.9 Å². The molecule has 0 fully saturated rings. The number of hydrazine groups is 6. The molecule has 48 heteroatoms. The van der Waals surface area contributed by atoms with Crippen LogP contribution in [0.4, 0.5) is 4.39 Å². The predicted molar refractivity (Wildman–Crippen MR) is 264 cm³/mol. The van der Waals surface area contributed by atoms with Crippen molar-refractivity contribution in [2.24, 2.45) is 0 Å². The molecule has 3 aliphatic rings. The first kappa shape index (κ1) is 67.2. The normalized spacial score (nSPS) is 15.2. The molecule has 3 aliphatic heterocycles. The molecule has 42 nitrogen and oxygen atoms in total. The lowest BCUT2D eigenvalue weighted by molar-refractivity contribution is 0.0246. The highest BCUT2D eigenvalue weighted by Gasteiger charge is 2.22. The summed E-state index contributed by atoms with van der Waals surface area (Å²) in [5.74, 6) is 0. The SMILES string of the molecule is O=S(=O)([O-])OCCN1C=C(CN(Cc2cn(CCOS(=O)(=O)O)nn2)Cc2cn(COCCCF)nn2)NN1.O=S(=O)([O-])OCCn1cc(CN(CC2=CN(CCOS(=O)(=O)O)NN2)CC2=CN(COCCCOS(=O)(=O)O)NN2)nn1. The van der Waals surface area contributed by atoms with Crippen LogP contribution >= 0.6 is 0 Å². The van der Waals surface area contributed by atoms with Gasteiger partial charge in [0.1, 0.15) is 13.5 Å². The van der Waals surface area contributed by atoms with Crippen molar-refractivity contribution < 1.29 is 99.6 Å². The standard InChI is InChI=1S/C17H29FN10O9S2.C17H32N10O13S3/c18-2-1-5-35-14-28-13-17(21-24-28)10-25(8-15-11-26(22-19-15)3-6-36-38(29,30)31)9-16-12-27(23-20-16)4-7-37-39(32,33)34;28-41(29,30)38-5-1-4-37-14-27-13-17(20-23-27)10-24(8-15-11-25(21-18-15)2-6-39-42(31,32)33)9-16-12-26(22-19-16)3-7-40-43(34,35)36/h11-13,19,22H,1-10,14H2,(H,29,30,31)(H,32,33,34);11-13,18,20-21,23H,1-10,14H2,(H,28,29,30)(H,31,32,33)(H,34,35,36)/p-2. The van der Waals surface area contributed by atoms with Gasteiger partial charge < -0.3 is 34.9 Å². The highest BCUT2D eigenvalue weighted by atomic mass is 32.3. The smallest absolute Gasteiger partial charge is 0.397 e. The average molecular weight is 1280 g/mol. The third-order valence-electron chi connectivity index (χ3n) is 9.88. The molecule has 0 unspecified atom stereocenters. The summed E-state index contributed by atoms with van der Waals surface area (Å²) in [6, 6.07) is 0. The summed E-state index contributed by atoms with van der Waals surface area (Å²) in [6.45, 7) is 0.438. The zero-order valence-electron chi connectivity index (χ0n) is 42.8. The van der Waals surface area contributed by atoms with Crippen molar-refractivity contribution in [1.82, 2.24) is 103 Å². The summed E-state index contributed by atoms with van der Waals surface area (Å²) >= 11 is 0. The van der Waals surface area contributed by atoms with Gasteiger partial charge in [-0.3, -0.25) is 51.2 Å². The molecular weight excluding hydrogens is 1220 g/mol. The van der Waals surface area contributed by atoms with E-state index in [9.17, 15) is 55.6 Å². The minimum atomic E-state index is -4.83. The van der Waals surface area contributed by atoms with Gasteiger partial charge in [-0.05, 0) is 12.8 Å². The highest BCUT2D eigenvalue weighted by Crippen LogP contribution is 2.13. The second-order valence-corrected chi connectivity index (χ2v) is 22.1. The van der Waals surface area contributed by atoms with Gasteiger partial charge >= 0.3 is 31.2 Å². The molecule has 0 bridgehead atoms. The van der Waals surface area contributed by atoms with Crippen LogP contribution in [0.15, 0.2) is 54.3 Å². The van der Waals surface area contributed by atoms with Gasteiger partial charge in [0.15, 0.2) is 0 Å². The Morgan fingerprint density at radius 1 is 0.463 bits per heavy atom. The van der Waals surface area contributed by atoms with E-state index in [0.717, 1.165) is 0 Å². The van der Waals surface area contributed by atoms with Gasteiger partial charge in [0.25, 0.3) is 0 Å². The summed E-state index contributed by atoms with van der Waals surface area (Å²) in [5.41, 5.74) is 21.0. The Morgan fingerprint density at radius 3 is 1.29 bits per heavy atom. The molecule has 9 N–H and O–H groups in total. The van der Waals surface area contributed by atoms with E-state index < -0.39 is 65.3 Å². The van der Waals surface area contributed by atoms with Crippen molar-refractivity contribution in [3.05, 3.63) is 71.4 Å². The minimum absolute atomic E-state index is 0.0241. The van der Waals surface area contributed by atoms with Crippen molar-refractivity contribution in [1.29, 1.82) is 0 Å². The predicted octanol–water partition coefficient (Wildman–Crippen LogP) is -6.44. The van der Waals surface area contributed by atoms with E-state index >= 15 is 0 Å². The molecule has 6 rings (SSSR count). The van der Waals surface area contributed by atoms with E-state index in [4.69, 9.17) is 23.1 Å². The Balaban J connectivity index is 0.000000302. The summed E-state index contributed by atoms with van der Waals surface area (Å²) in [5, 5.41) is 28.7. The zero-order valence-corrected chi connectivity index (χ0v) is 46.9. The van der Waals surface area contributed by atoms with Gasteiger partial charge in [-0.1, -0.05) is 15.6 Å². The Labute approximate surface area is 468 Å². The fourth-order valence-electron chi connectivity index (χ4n) is 6.75. The van der Waals surface area contributed by atoms with E-state index in [1.807, 2.05) is 9.80 Å². The third-order valence-corrected chi connectivity index (χ3v) is 12.2. The molecular formula is C34H59FN20O22S5-2. The minimum Gasteiger partial charge on any atom is -0.726 e. The van der Waals surface area contributed by atoms with Crippen LogP contribution in [0, 0.1) is 0 Å². The molecule has 0 spiro atoms. The quantitative estimate of drug-likeness (QED) is 0.0145. The summed E-state index contributed by atoms with van der Waals surface area (Å²) in [4.78, 5) is 3.85. The van der Waals surface area contributed by atoms with Gasteiger partial charge in [0, 0.05) is 70.3 Å². The summed E-state index contributed by atoms with van der Waals surface area (Å²) in [7, 11) is -23.3. The van der Waals surface area contributed by atoms with Crippen LogP contribution in [0.1, 0.15) is 29.9 Å². The zero-order chi connectivity index (χ0) is 59.8. The van der Waals surface area contributed by atoms with Crippen LogP contribution in [0.5, 0.6) is 0 Å². The number of nitrogens with zero attached hydrogens (tertiary/aromatic N) is 14. The molecule has 466 valence electrons. The van der Waals surface area contributed by atoms with Crippen LogP contribution in [0.3, 0.4) is 0 Å². The Morgan fingerprint density at radius 2 is 0.829 bits per heavy atom. The molecule has 0 amide bonds. The molecule has 3 aromatic rings. The summed E-state index contributed by atoms with van der Waals surface area (Å²) < 4.78 is 202. The van der Waals surface area contributed by atoms with Gasteiger partial charge in [-0.25, -0.2) is 43.4 Å². The van der Waals surface area contributed by atoms with E-state index in [2.05, 4.69) is 84.7 Å². The Bertz CT molecular complexity index is 3140. The van der Waals surface area contributed by atoms with Crippen LogP contribution in [0.2, 0.25) is 0 Å². The van der Waals surface area contributed by atoms with E-state index in [1.54, 1.807) is 42.2 Å². The van der Waals surface area contributed by atoms with Crippen LogP contribution in [-0.2, 0) is 122 Å². The fraction of sp³-hybridized carbons (Fsp3) is 0.647. The third kappa shape index (κ3) is 29.6. The molecule has 0 radical (unpaired) electrons. The highest BCUT2D eigenvalue weighted by molar-refractivity contribution is 7.81. The summed E-state index contributed by atoms with van der Waals surface area (Å²) in [6.07, 6.45) is 10.4. The first-order chi connectivity index (χ1) is 38.6. The number of aromatic nitrogens is 9. The van der Waals surface area contributed by atoms with Crippen molar-refractivity contribution in [2.75, 3.05) is 92.4 Å². The number of rotatable bonds is 40. The van der Waals surface area contributed by atoms with E-state index in [1.165, 1.54) is 24.1 Å². The molecule has 0 saturated carbocycles. The number of hydrogen-bond donors (Lipinski definition) is 9. The topological polar surface area (TPSA) is 523 Å². The average Bonchev–Trinajstić information content (AvgIpc) is 4.29. The van der Waals surface area contributed by atoms with Crippen LogP contribution in [-0.4, -0.2) is 227 Å². The molecule has 3 aromatic heterocycles. The van der Waals surface area contributed by atoms with Crippen LogP contribution in [0.25, 0.3) is 0 Å². The first-order valence-electron chi connectivity index (χ1n) is 23.5. The maximum absolute atomic E-state index is 12.2. The molecule has 0 atom stereocenters.